The summed E-state index contributed by atoms with van der Waals surface area (Å²) < 4.78 is 12.3. The number of para-hydroxylation sites is 1. The van der Waals surface area contributed by atoms with Gasteiger partial charge in [-0.1, -0.05) is 36.9 Å². The third-order valence-electron chi connectivity index (χ3n) is 4.11. The molecular weight excluding hydrogens is 404 g/mol. The molecule has 9 nitrogen and oxygen atoms in total. The fourth-order valence-electron chi connectivity index (χ4n) is 2.72. The summed E-state index contributed by atoms with van der Waals surface area (Å²) in [6.45, 7) is 4.15. The predicted octanol–water partition coefficient (Wildman–Crippen LogP) is 2.19. The maximum Gasteiger partial charge on any atom is 0.258 e. The number of anilines is 1. The Hall–Kier alpha value is -2.85. The minimum absolute atomic E-state index is 0.0309. The summed E-state index contributed by atoms with van der Waals surface area (Å²) in [7, 11) is 1.66. The second kappa shape index (κ2) is 11.4. The summed E-state index contributed by atoms with van der Waals surface area (Å²) in [4.78, 5) is 21.2. The van der Waals surface area contributed by atoms with Crippen LogP contribution in [-0.4, -0.2) is 64.8 Å². The van der Waals surface area contributed by atoms with E-state index >= 15 is 0 Å². The average Bonchev–Trinajstić information content (AvgIpc) is 3.16. The number of fused-ring (bicyclic) bond motifs is 1. The number of rotatable bonds is 12. The number of methoxy groups -OCH3 is 1. The molecule has 30 heavy (non-hydrogen) atoms. The van der Waals surface area contributed by atoms with Crippen LogP contribution in [0.2, 0.25) is 0 Å². The van der Waals surface area contributed by atoms with E-state index in [2.05, 4.69) is 32.6 Å². The number of benzene rings is 1. The quantitative estimate of drug-likeness (QED) is 0.256. The van der Waals surface area contributed by atoms with Crippen molar-refractivity contribution >= 4 is 34.5 Å². The van der Waals surface area contributed by atoms with Gasteiger partial charge in [-0.2, -0.15) is 5.10 Å². The van der Waals surface area contributed by atoms with Crippen LogP contribution in [0.5, 0.6) is 5.75 Å². The third kappa shape index (κ3) is 6.07. The molecule has 2 heterocycles. The van der Waals surface area contributed by atoms with E-state index in [4.69, 9.17) is 9.47 Å². The van der Waals surface area contributed by atoms with Crippen LogP contribution in [0.3, 0.4) is 0 Å². The zero-order chi connectivity index (χ0) is 21.2. The lowest BCUT2D eigenvalue weighted by molar-refractivity contribution is -0.123. The number of aromatic nitrogens is 4. The lowest BCUT2D eigenvalue weighted by Gasteiger charge is -2.10. The minimum Gasteiger partial charge on any atom is -0.484 e. The maximum absolute atomic E-state index is 12.0. The molecule has 160 valence electrons. The summed E-state index contributed by atoms with van der Waals surface area (Å²) in [5.41, 5.74) is 0.732. The van der Waals surface area contributed by atoms with Crippen LogP contribution in [0.15, 0.2) is 41.7 Å². The van der Waals surface area contributed by atoms with Gasteiger partial charge in [0.1, 0.15) is 11.6 Å². The highest BCUT2D eigenvalue weighted by Crippen LogP contribution is 2.24. The van der Waals surface area contributed by atoms with Gasteiger partial charge >= 0.3 is 0 Å². The van der Waals surface area contributed by atoms with Gasteiger partial charge in [-0.15, -0.1) is 0 Å². The molecule has 0 fully saturated rings. The number of hydrogen-bond acceptors (Lipinski definition) is 8. The van der Waals surface area contributed by atoms with E-state index in [1.807, 2.05) is 30.3 Å². The monoisotopic (exact) mass is 430 g/mol. The Morgan fingerprint density at radius 3 is 2.80 bits per heavy atom. The molecule has 2 N–H and O–H groups in total. The molecule has 0 atom stereocenters. The van der Waals surface area contributed by atoms with Crippen LogP contribution < -0.4 is 15.4 Å². The molecule has 0 aliphatic carbocycles. The molecule has 0 saturated carbocycles. The molecule has 0 spiro atoms. The van der Waals surface area contributed by atoms with Crippen LogP contribution in [0, 0.1) is 0 Å². The average molecular weight is 431 g/mol. The molecule has 0 aliphatic rings. The summed E-state index contributed by atoms with van der Waals surface area (Å²) in [6, 6.07) is 9.25. The van der Waals surface area contributed by atoms with Gasteiger partial charge in [0.25, 0.3) is 5.91 Å². The van der Waals surface area contributed by atoms with E-state index in [-0.39, 0.29) is 12.5 Å². The Bertz CT molecular complexity index is 950. The number of nitrogens with one attached hydrogen (secondary N) is 2. The van der Waals surface area contributed by atoms with Gasteiger partial charge in [0.15, 0.2) is 17.4 Å². The summed E-state index contributed by atoms with van der Waals surface area (Å²) >= 11 is 1.57. The molecule has 0 bridgehead atoms. The van der Waals surface area contributed by atoms with E-state index in [9.17, 15) is 4.79 Å². The normalized spacial score (nSPS) is 10.9. The molecule has 0 aliphatic heterocycles. The number of amides is 1. The molecule has 3 aromatic rings. The second-order valence-corrected chi connectivity index (χ2v) is 7.50. The number of carbonyl (C=O) groups is 1. The van der Waals surface area contributed by atoms with Gasteiger partial charge in [-0.05, 0) is 17.9 Å². The second-order valence-electron chi connectivity index (χ2n) is 6.26. The highest BCUT2D eigenvalue weighted by Gasteiger charge is 2.13. The van der Waals surface area contributed by atoms with Gasteiger partial charge < -0.3 is 20.1 Å². The Morgan fingerprint density at radius 1 is 1.20 bits per heavy atom. The van der Waals surface area contributed by atoms with Crippen LogP contribution in [0.4, 0.5) is 5.82 Å². The van der Waals surface area contributed by atoms with Gasteiger partial charge in [-0.25, -0.2) is 14.6 Å². The van der Waals surface area contributed by atoms with Crippen molar-refractivity contribution in [2.45, 2.75) is 18.6 Å². The van der Waals surface area contributed by atoms with Crippen molar-refractivity contribution in [3.05, 3.63) is 36.5 Å². The Morgan fingerprint density at radius 2 is 2.03 bits per heavy atom. The maximum atomic E-state index is 12.0. The molecule has 0 saturated heterocycles. The highest BCUT2D eigenvalue weighted by atomic mass is 32.2. The van der Waals surface area contributed by atoms with Crippen molar-refractivity contribution in [3.63, 3.8) is 0 Å². The largest absolute Gasteiger partial charge is 0.484 e. The first-order valence-corrected chi connectivity index (χ1v) is 10.7. The lowest BCUT2D eigenvalue weighted by atomic mass is 10.3. The lowest BCUT2D eigenvalue weighted by Crippen LogP contribution is -2.31. The standard InChI is InChI=1S/C20H26N6O3S/c1-3-30-20-24-18(22-10-12-28-2)16-13-23-26(19(16)25-20)11-9-21-17(27)14-29-15-7-5-4-6-8-15/h4-8,13H,3,9-12,14H2,1-2H3,(H,21,27)(H,22,24,25). The van der Waals surface area contributed by atoms with E-state index in [0.717, 1.165) is 22.6 Å². The molecule has 1 aromatic carbocycles. The zero-order valence-corrected chi connectivity index (χ0v) is 17.9. The van der Waals surface area contributed by atoms with Crippen LogP contribution in [0.1, 0.15) is 6.92 Å². The Kier molecular flexibility index (Phi) is 8.28. The van der Waals surface area contributed by atoms with Crippen molar-refractivity contribution in [2.24, 2.45) is 0 Å². The van der Waals surface area contributed by atoms with E-state index < -0.39 is 0 Å². The SMILES string of the molecule is CCSc1nc(NCCOC)c2cnn(CCNC(=O)COc3ccccc3)c2n1. The number of carbonyl (C=O) groups excluding carboxylic acids is 1. The van der Waals surface area contributed by atoms with Crippen molar-refractivity contribution in [3.8, 4) is 5.75 Å². The molecule has 0 unspecified atom stereocenters. The molecule has 3 rings (SSSR count). The Labute approximate surface area is 179 Å². The van der Waals surface area contributed by atoms with E-state index in [1.54, 1.807) is 29.8 Å². The van der Waals surface area contributed by atoms with Crippen LogP contribution >= 0.6 is 11.8 Å². The number of ether oxygens (including phenoxy) is 2. The van der Waals surface area contributed by atoms with Crippen molar-refractivity contribution in [1.82, 2.24) is 25.1 Å². The molecule has 2 aromatic heterocycles. The van der Waals surface area contributed by atoms with Crippen molar-refractivity contribution in [1.29, 1.82) is 0 Å². The van der Waals surface area contributed by atoms with Crippen molar-refractivity contribution < 1.29 is 14.3 Å². The fourth-order valence-corrected chi connectivity index (χ4v) is 3.28. The predicted molar refractivity (Wildman–Crippen MR) is 117 cm³/mol. The number of hydrogen-bond donors (Lipinski definition) is 2. The van der Waals surface area contributed by atoms with Crippen LogP contribution in [-0.2, 0) is 16.1 Å². The molecule has 1 amide bonds. The third-order valence-corrected chi connectivity index (χ3v) is 4.84. The first-order chi connectivity index (χ1) is 14.7. The summed E-state index contributed by atoms with van der Waals surface area (Å²) in [5.74, 6) is 2.08. The van der Waals surface area contributed by atoms with Gasteiger partial charge in [0, 0.05) is 20.2 Å². The Balaban J connectivity index is 1.60. The zero-order valence-electron chi connectivity index (χ0n) is 17.1. The molecular formula is C20H26N6O3S. The fraction of sp³-hybridized carbons (Fsp3) is 0.400. The van der Waals surface area contributed by atoms with Gasteiger partial charge in [0.05, 0.1) is 24.7 Å². The molecule has 0 radical (unpaired) electrons. The smallest absolute Gasteiger partial charge is 0.258 e. The van der Waals surface area contributed by atoms with E-state index in [0.29, 0.717) is 37.1 Å². The van der Waals surface area contributed by atoms with E-state index in [1.165, 1.54) is 0 Å². The topological polar surface area (TPSA) is 103 Å². The summed E-state index contributed by atoms with van der Waals surface area (Å²) in [5, 5.41) is 12.1. The number of thioether (sulfide) groups is 1. The van der Waals surface area contributed by atoms with Gasteiger partial charge in [-0.3, -0.25) is 4.79 Å². The first-order valence-electron chi connectivity index (χ1n) is 9.75. The van der Waals surface area contributed by atoms with Crippen molar-refractivity contribution in [2.75, 3.05) is 44.5 Å². The van der Waals surface area contributed by atoms with Crippen LogP contribution in [0.25, 0.3) is 11.0 Å². The van der Waals surface area contributed by atoms with Gasteiger partial charge in [0.2, 0.25) is 0 Å². The molecule has 10 heteroatoms. The minimum atomic E-state index is -0.186. The number of nitrogens with zero attached hydrogens (tertiary/aromatic N) is 4. The first kappa shape index (κ1) is 21.8. The summed E-state index contributed by atoms with van der Waals surface area (Å²) in [6.07, 6.45) is 1.74. The highest BCUT2D eigenvalue weighted by molar-refractivity contribution is 7.99.